The first-order valence-electron chi connectivity index (χ1n) is 7.01. The van der Waals surface area contributed by atoms with E-state index in [0.29, 0.717) is 35.4 Å². The second-order valence-electron chi connectivity index (χ2n) is 4.90. The maximum absolute atomic E-state index is 13.6. The van der Waals surface area contributed by atoms with Gasteiger partial charge in [0.15, 0.2) is 0 Å². The van der Waals surface area contributed by atoms with E-state index in [-0.39, 0.29) is 11.7 Å². The normalized spacial score (nSPS) is 10.3. The van der Waals surface area contributed by atoms with Crippen molar-refractivity contribution in [3.05, 3.63) is 58.6 Å². The second-order valence-corrected chi connectivity index (χ2v) is 5.30. The molecule has 1 heterocycles. The predicted molar refractivity (Wildman–Crippen MR) is 88.2 cm³/mol. The molecule has 0 spiro atoms. The van der Waals surface area contributed by atoms with Gasteiger partial charge in [0.1, 0.15) is 10.5 Å². The number of amides is 1. The van der Waals surface area contributed by atoms with Crippen molar-refractivity contribution in [1.29, 1.82) is 0 Å². The highest BCUT2D eigenvalue weighted by molar-refractivity contribution is 7.71. The zero-order valence-corrected chi connectivity index (χ0v) is 13.1. The molecule has 4 nitrogen and oxygen atoms in total. The van der Waals surface area contributed by atoms with E-state index >= 15 is 0 Å². The third-order valence-electron chi connectivity index (χ3n) is 3.28. The molecule has 0 aliphatic rings. The van der Waals surface area contributed by atoms with Gasteiger partial charge in [-0.2, -0.15) is 0 Å². The van der Waals surface area contributed by atoms with Gasteiger partial charge in [0.25, 0.3) is 5.91 Å². The molecule has 1 aromatic carbocycles. The van der Waals surface area contributed by atoms with E-state index in [2.05, 4.69) is 10.3 Å². The second kappa shape index (κ2) is 7.70. The van der Waals surface area contributed by atoms with Crippen molar-refractivity contribution >= 4 is 23.8 Å². The van der Waals surface area contributed by atoms with Crippen LogP contribution in [0.1, 0.15) is 16.8 Å². The topological polar surface area (TPSA) is 48.1 Å². The van der Waals surface area contributed by atoms with Crippen LogP contribution in [0.15, 0.2) is 42.6 Å². The van der Waals surface area contributed by atoms with Gasteiger partial charge >= 0.3 is 0 Å². The Bertz CT molecular complexity index is 702. The maximum atomic E-state index is 13.6. The number of halogens is 1. The van der Waals surface area contributed by atoms with Crippen molar-refractivity contribution in [2.24, 2.45) is 0 Å². The number of nitrogens with zero attached hydrogens (tertiary/aromatic N) is 1. The first kappa shape index (κ1) is 16.2. The lowest BCUT2D eigenvalue weighted by molar-refractivity contribution is 0.0952. The zero-order chi connectivity index (χ0) is 15.9. The lowest BCUT2D eigenvalue weighted by atomic mass is 10.2. The van der Waals surface area contributed by atoms with Crippen molar-refractivity contribution in [2.75, 3.05) is 25.0 Å². The van der Waals surface area contributed by atoms with Crippen LogP contribution >= 0.6 is 12.2 Å². The highest BCUT2D eigenvalue weighted by Crippen LogP contribution is 2.16. The number of nitrogens with one attached hydrogen (secondary N) is 2. The maximum Gasteiger partial charge on any atom is 0.254 e. The summed E-state index contributed by atoms with van der Waals surface area (Å²) in [5.41, 5.74) is 1.01. The van der Waals surface area contributed by atoms with Crippen molar-refractivity contribution in [3.8, 4) is 0 Å². The molecule has 0 aliphatic heterocycles. The Hall–Kier alpha value is -2.21. The van der Waals surface area contributed by atoms with Crippen LogP contribution in [0.2, 0.25) is 0 Å². The molecular weight excluding hydrogens is 301 g/mol. The largest absolute Gasteiger partial charge is 0.372 e. The van der Waals surface area contributed by atoms with Gasteiger partial charge in [-0.15, -0.1) is 0 Å². The third-order valence-corrected chi connectivity index (χ3v) is 3.62. The Morgan fingerprint density at radius 3 is 2.82 bits per heavy atom. The summed E-state index contributed by atoms with van der Waals surface area (Å²) in [7, 11) is 1.83. The molecule has 6 heteroatoms. The summed E-state index contributed by atoms with van der Waals surface area (Å²) in [4.78, 5) is 16.6. The number of pyridine rings is 1. The standard InChI is InChI=1S/C16H18FN3OS/c1-20(14-8-3-2-7-13(14)17)11-5-10-18-15(21)12-6-4-9-19-16(12)22/h2-4,6-9H,5,10-11H2,1H3,(H,18,21)(H,19,22). The Kier molecular flexibility index (Phi) is 5.66. The van der Waals surface area contributed by atoms with Gasteiger partial charge in [0.2, 0.25) is 0 Å². The highest BCUT2D eigenvalue weighted by Gasteiger charge is 2.08. The molecule has 116 valence electrons. The van der Waals surface area contributed by atoms with E-state index in [1.807, 2.05) is 11.9 Å². The molecule has 2 rings (SSSR count). The molecule has 1 amide bonds. The number of hydrogen-bond donors (Lipinski definition) is 2. The number of carbonyl (C=O) groups is 1. The fourth-order valence-electron chi connectivity index (χ4n) is 2.10. The van der Waals surface area contributed by atoms with Gasteiger partial charge in [-0.05, 0) is 30.7 Å². The Morgan fingerprint density at radius 1 is 1.32 bits per heavy atom. The molecule has 0 saturated carbocycles. The van der Waals surface area contributed by atoms with E-state index in [9.17, 15) is 9.18 Å². The van der Waals surface area contributed by atoms with E-state index in [1.165, 1.54) is 6.07 Å². The Balaban J connectivity index is 1.80. The first-order valence-corrected chi connectivity index (χ1v) is 7.42. The van der Waals surface area contributed by atoms with Gasteiger partial charge in [-0.3, -0.25) is 4.79 Å². The van der Waals surface area contributed by atoms with Crippen LogP contribution in [0, 0.1) is 10.5 Å². The minimum Gasteiger partial charge on any atom is -0.372 e. The van der Waals surface area contributed by atoms with Crippen molar-refractivity contribution in [1.82, 2.24) is 10.3 Å². The minimum absolute atomic E-state index is 0.199. The Labute approximate surface area is 134 Å². The zero-order valence-electron chi connectivity index (χ0n) is 12.3. The lowest BCUT2D eigenvalue weighted by Gasteiger charge is -2.19. The number of anilines is 1. The molecular formula is C16H18FN3OS. The Morgan fingerprint density at radius 2 is 2.09 bits per heavy atom. The lowest BCUT2D eigenvalue weighted by Crippen LogP contribution is -2.28. The van der Waals surface area contributed by atoms with E-state index < -0.39 is 0 Å². The van der Waals surface area contributed by atoms with Gasteiger partial charge in [-0.1, -0.05) is 24.4 Å². The molecule has 22 heavy (non-hydrogen) atoms. The summed E-state index contributed by atoms with van der Waals surface area (Å²) in [5.74, 6) is -0.444. The predicted octanol–water partition coefficient (Wildman–Crippen LogP) is 3.14. The quantitative estimate of drug-likeness (QED) is 0.635. The number of carbonyl (C=O) groups excluding carboxylic acids is 1. The van der Waals surface area contributed by atoms with Gasteiger partial charge < -0.3 is 15.2 Å². The van der Waals surface area contributed by atoms with Crippen LogP contribution in [0.3, 0.4) is 0 Å². The molecule has 0 aliphatic carbocycles. The van der Waals surface area contributed by atoms with Crippen LogP contribution in [0.5, 0.6) is 0 Å². The summed E-state index contributed by atoms with van der Waals surface area (Å²) in [6, 6.07) is 10.0. The average Bonchev–Trinajstić information content (AvgIpc) is 2.52. The van der Waals surface area contributed by atoms with Crippen LogP contribution in [0.4, 0.5) is 10.1 Å². The summed E-state index contributed by atoms with van der Waals surface area (Å²) < 4.78 is 14.0. The first-order chi connectivity index (χ1) is 10.6. The van der Waals surface area contributed by atoms with E-state index in [0.717, 1.165) is 0 Å². The van der Waals surface area contributed by atoms with Gasteiger partial charge in [0, 0.05) is 26.3 Å². The number of para-hydroxylation sites is 1. The van der Waals surface area contributed by atoms with E-state index in [1.54, 1.807) is 36.5 Å². The average molecular weight is 319 g/mol. The third kappa shape index (κ3) is 4.14. The number of H-pyrrole nitrogens is 1. The number of hydrogen-bond acceptors (Lipinski definition) is 3. The van der Waals surface area contributed by atoms with Crippen molar-refractivity contribution < 1.29 is 9.18 Å². The number of aromatic amines is 1. The number of benzene rings is 1. The van der Waals surface area contributed by atoms with Gasteiger partial charge in [0.05, 0.1) is 11.3 Å². The van der Waals surface area contributed by atoms with Crippen molar-refractivity contribution in [3.63, 3.8) is 0 Å². The highest BCUT2D eigenvalue weighted by atomic mass is 32.1. The molecule has 0 unspecified atom stereocenters. The summed E-state index contributed by atoms with van der Waals surface area (Å²) in [6.45, 7) is 1.14. The van der Waals surface area contributed by atoms with Crippen LogP contribution in [-0.4, -0.2) is 31.0 Å². The smallest absolute Gasteiger partial charge is 0.254 e. The fourth-order valence-corrected chi connectivity index (χ4v) is 2.32. The number of rotatable bonds is 6. The molecule has 1 aromatic heterocycles. The molecule has 0 saturated heterocycles. The monoisotopic (exact) mass is 319 g/mol. The van der Waals surface area contributed by atoms with Crippen LogP contribution < -0.4 is 10.2 Å². The summed E-state index contributed by atoms with van der Waals surface area (Å²) >= 11 is 5.06. The molecule has 0 fully saturated rings. The van der Waals surface area contributed by atoms with Gasteiger partial charge in [-0.25, -0.2) is 4.39 Å². The van der Waals surface area contributed by atoms with E-state index in [4.69, 9.17) is 12.2 Å². The van der Waals surface area contributed by atoms with Crippen molar-refractivity contribution in [2.45, 2.75) is 6.42 Å². The van der Waals surface area contributed by atoms with Crippen LogP contribution in [0.25, 0.3) is 0 Å². The SMILES string of the molecule is CN(CCCNC(=O)c1ccc[nH]c1=S)c1ccccc1F. The number of aromatic nitrogens is 1. The molecule has 2 N–H and O–H groups in total. The minimum atomic E-state index is -0.246. The van der Waals surface area contributed by atoms with Crippen LogP contribution in [-0.2, 0) is 0 Å². The summed E-state index contributed by atoms with van der Waals surface area (Å²) in [5, 5.41) is 2.82. The molecule has 0 atom stereocenters. The molecule has 2 aromatic rings. The summed E-state index contributed by atoms with van der Waals surface area (Å²) in [6.07, 6.45) is 2.39. The fraction of sp³-hybridized carbons (Fsp3) is 0.250. The molecule has 0 bridgehead atoms. The molecule has 0 radical (unpaired) electrons.